The van der Waals surface area contributed by atoms with Gasteiger partial charge in [-0.05, 0) is 72.1 Å². The lowest BCUT2D eigenvalue weighted by Gasteiger charge is -2.30. The molecule has 6 nitrogen and oxygen atoms in total. The molecule has 0 bridgehead atoms. The van der Waals surface area contributed by atoms with Crippen LogP contribution in [0, 0.1) is 11.3 Å². The zero-order valence-corrected chi connectivity index (χ0v) is 20.3. The van der Waals surface area contributed by atoms with Gasteiger partial charge in [-0.2, -0.15) is 13.1 Å². The molecule has 1 N–H and O–H groups in total. The Kier molecular flexibility index (Phi) is 10.7. The van der Waals surface area contributed by atoms with Gasteiger partial charge in [0.25, 0.3) is 0 Å². The Balaban J connectivity index is 4.83. The van der Waals surface area contributed by atoms with Gasteiger partial charge in [-0.25, -0.2) is 0 Å². The van der Waals surface area contributed by atoms with E-state index in [4.69, 9.17) is 8.92 Å². The highest BCUT2D eigenvalue weighted by molar-refractivity contribution is 7.84. The predicted molar refractivity (Wildman–Crippen MR) is 114 cm³/mol. The first-order chi connectivity index (χ1) is 12.4. The lowest BCUT2D eigenvalue weighted by atomic mass is 9.77. The predicted octanol–water partition coefficient (Wildman–Crippen LogP) is 4.98. The molecule has 0 aromatic rings. The van der Waals surface area contributed by atoms with Crippen LogP contribution in [0.1, 0.15) is 101 Å². The van der Waals surface area contributed by atoms with Crippen molar-refractivity contribution < 1.29 is 22.1 Å². The molecule has 0 aromatic carbocycles. The van der Waals surface area contributed by atoms with Crippen LogP contribution in [0.2, 0.25) is 0 Å². The summed E-state index contributed by atoms with van der Waals surface area (Å²) in [6.45, 7) is 17.4. The molecule has 168 valence electrons. The standard InChI is InChI=1S/C21H43NO5S/c1-17(2)11-10-13-21(9,14-12-18(23)27-20(6,7)8)15-16-26-28(24,25)22-19(3,4)5/h17,22H,10-16H2,1-9H3. The Morgan fingerprint density at radius 3 is 2.00 bits per heavy atom. The molecule has 0 radical (unpaired) electrons. The van der Waals surface area contributed by atoms with Crippen LogP contribution in [0.5, 0.6) is 0 Å². The van der Waals surface area contributed by atoms with Gasteiger partial charge in [-0.3, -0.25) is 8.98 Å². The lowest BCUT2D eigenvalue weighted by Crippen LogP contribution is -2.41. The molecule has 0 fully saturated rings. The van der Waals surface area contributed by atoms with Crippen molar-refractivity contribution in [2.24, 2.45) is 11.3 Å². The van der Waals surface area contributed by atoms with Crippen LogP contribution < -0.4 is 4.72 Å². The Morgan fingerprint density at radius 1 is 0.964 bits per heavy atom. The number of hydrogen-bond donors (Lipinski definition) is 1. The minimum absolute atomic E-state index is 0.0951. The molecule has 0 aliphatic carbocycles. The zero-order valence-electron chi connectivity index (χ0n) is 19.5. The van der Waals surface area contributed by atoms with Gasteiger partial charge in [0.1, 0.15) is 5.60 Å². The summed E-state index contributed by atoms with van der Waals surface area (Å²) in [7, 11) is -3.79. The summed E-state index contributed by atoms with van der Waals surface area (Å²) >= 11 is 0. The van der Waals surface area contributed by atoms with Crippen LogP contribution in [0.3, 0.4) is 0 Å². The van der Waals surface area contributed by atoms with E-state index in [1.54, 1.807) is 20.8 Å². The average Bonchev–Trinajstić information content (AvgIpc) is 2.40. The number of esters is 1. The van der Waals surface area contributed by atoms with Crippen molar-refractivity contribution in [3.63, 3.8) is 0 Å². The van der Waals surface area contributed by atoms with Crippen molar-refractivity contribution >= 4 is 16.3 Å². The Hall–Kier alpha value is -0.660. The summed E-state index contributed by atoms with van der Waals surface area (Å²) < 4.78 is 37.2. The van der Waals surface area contributed by atoms with Crippen LogP contribution in [0.25, 0.3) is 0 Å². The Morgan fingerprint density at radius 2 is 1.54 bits per heavy atom. The first-order valence-corrected chi connectivity index (χ1v) is 11.7. The van der Waals surface area contributed by atoms with E-state index in [0.717, 1.165) is 19.3 Å². The summed E-state index contributed by atoms with van der Waals surface area (Å²) in [5.74, 6) is 0.397. The second kappa shape index (κ2) is 10.9. The number of ether oxygens (including phenoxy) is 1. The molecule has 0 aliphatic heterocycles. The normalized spacial score (nSPS) is 15.5. The third-order valence-corrected chi connectivity index (χ3v) is 5.63. The monoisotopic (exact) mass is 421 g/mol. The Bertz CT molecular complexity index is 573. The van der Waals surface area contributed by atoms with E-state index in [9.17, 15) is 13.2 Å². The highest BCUT2D eigenvalue weighted by Gasteiger charge is 2.28. The van der Waals surface area contributed by atoms with Crippen LogP contribution >= 0.6 is 0 Å². The molecule has 1 atom stereocenters. The summed E-state index contributed by atoms with van der Waals surface area (Å²) in [6, 6.07) is 0. The van der Waals surface area contributed by atoms with Gasteiger partial charge < -0.3 is 4.74 Å². The molecule has 0 rings (SSSR count). The minimum atomic E-state index is -3.79. The highest BCUT2D eigenvalue weighted by Crippen LogP contribution is 2.35. The molecule has 1 unspecified atom stereocenters. The molecule has 0 aliphatic rings. The maximum absolute atomic E-state index is 12.1. The summed E-state index contributed by atoms with van der Waals surface area (Å²) in [4.78, 5) is 12.1. The number of rotatable bonds is 12. The number of carbonyl (C=O) groups excluding carboxylic acids is 1. The van der Waals surface area contributed by atoms with Crippen LogP contribution in [-0.4, -0.2) is 32.1 Å². The van der Waals surface area contributed by atoms with Gasteiger partial charge in [0.2, 0.25) is 0 Å². The molecule has 0 amide bonds. The molecule has 28 heavy (non-hydrogen) atoms. The van der Waals surface area contributed by atoms with Gasteiger partial charge >= 0.3 is 16.3 Å². The molecule has 0 spiro atoms. The van der Waals surface area contributed by atoms with Gasteiger partial charge in [0.15, 0.2) is 0 Å². The molecule has 0 saturated heterocycles. The van der Waals surface area contributed by atoms with E-state index >= 15 is 0 Å². The first-order valence-electron chi connectivity index (χ1n) is 10.3. The summed E-state index contributed by atoms with van der Waals surface area (Å²) in [5, 5.41) is 0. The van der Waals surface area contributed by atoms with Crippen LogP contribution in [0.15, 0.2) is 0 Å². The first kappa shape index (κ1) is 27.3. The van der Waals surface area contributed by atoms with E-state index in [1.165, 1.54) is 0 Å². The fourth-order valence-electron chi connectivity index (χ4n) is 2.91. The van der Waals surface area contributed by atoms with Crippen molar-refractivity contribution in [2.75, 3.05) is 6.61 Å². The number of nitrogens with one attached hydrogen (secondary N) is 1. The second-order valence-electron chi connectivity index (χ2n) is 10.6. The number of carbonyl (C=O) groups is 1. The van der Waals surface area contributed by atoms with E-state index in [2.05, 4.69) is 25.5 Å². The smallest absolute Gasteiger partial charge is 0.336 e. The van der Waals surface area contributed by atoms with Gasteiger partial charge in [0.05, 0.1) is 6.61 Å². The maximum atomic E-state index is 12.1. The van der Waals surface area contributed by atoms with Gasteiger partial charge in [0, 0.05) is 12.0 Å². The second-order valence-corrected chi connectivity index (χ2v) is 11.9. The van der Waals surface area contributed by atoms with Crippen molar-refractivity contribution in [1.29, 1.82) is 0 Å². The van der Waals surface area contributed by atoms with E-state index < -0.39 is 21.4 Å². The zero-order chi connectivity index (χ0) is 22.2. The van der Waals surface area contributed by atoms with Crippen molar-refractivity contribution in [3.8, 4) is 0 Å². The molecular weight excluding hydrogens is 378 g/mol. The third-order valence-electron chi connectivity index (χ3n) is 4.29. The van der Waals surface area contributed by atoms with E-state index in [1.807, 2.05) is 20.8 Å². The SMILES string of the molecule is CC(C)CCCC(C)(CCOS(=O)(=O)NC(C)(C)C)CCC(=O)OC(C)(C)C. The van der Waals surface area contributed by atoms with E-state index in [0.29, 0.717) is 25.2 Å². The molecule has 0 heterocycles. The van der Waals surface area contributed by atoms with Crippen molar-refractivity contribution in [3.05, 3.63) is 0 Å². The van der Waals surface area contributed by atoms with Crippen molar-refractivity contribution in [1.82, 2.24) is 4.72 Å². The van der Waals surface area contributed by atoms with E-state index in [-0.39, 0.29) is 18.0 Å². The highest BCUT2D eigenvalue weighted by atomic mass is 32.2. The number of hydrogen-bond acceptors (Lipinski definition) is 5. The summed E-state index contributed by atoms with van der Waals surface area (Å²) in [5.41, 5.74) is -1.26. The molecular formula is C21H43NO5S. The van der Waals surface area contributed by atoms with Crippen molar-refractivity contribution in [2.45, 2.75) is 112 Å². The van der Waals surface area contributed by atoms with Gasteiger partial charge in [-0.15, -0.1) is 0 Å². The van der Waals surface area contributed by atoms with Crippen LogP contribution in [0.4, 0.5) is 0 Å². The summed E-state index contributed by atoms with van der Waals surface area (Å²) in [6.07, 6.45) is 4.60. The molecule has 0 aromatic heterocycles. The largest absolute Gasteiger partial charge is 0.460 e. The lowest BCUT2D eigenvalue weighted by molar-refractivity contribution is -0.155. The maximum Gasteiger partial charge on any atom is 0.336 e. The topological polar surface area (TPSA) is 81.7 Å². The quantitative estimate of drug-likeness (QED) is 0.449. The molecule has 7 heteroatoms. The van der Waals surface area contributed by atoms with Crippen LogP contribution in [-0.2, 0) is 24.0 Å². The molecule has 0 saturated carbocycles. The fraction of sp³-hybridized carbons (Fsp3) is 0.952. The minimum Gasteiger partial charge on any atom is -0.460 e. The van der Waals surface area contributed by atoms with Gasteiger partial charge in [-0.1, -0.05) is 33.6 Å². The average molecular weight is 422 g/mol. The Labute approximate surface area is 173 Å². The third kappa shape index (κ3) is 15.3. The fourth-order valence-corrected chi connectivity index (χ4v) is 4.02.